The van der Waals surface area contributed by atoms with Crippen molar-refractivity contribution in [1.29, 1.82) is 0 Å². The van der Waals surface area contributed by atoms with Crippen LogP contribution in [0.15, 0.2) is 54.3 Å². The van der Waals surface area contributed by atoms with Crippen LogP contribution in [0.5, 0.6) is 11.5 Å². The van der Waals surface area contributed by atoms with Gasteiger partial charge in [0.15, 0.2) is 29.8 Å². The van der Waals surface area contributed by atoms with Gasteiger partial charge < -0.3 is 29.2 Å². The zero-order chi connectivity index (χ0) is 25.9. The molecule has 3 aliphatic carbocycles. The molecule has 1 aliphatic heterocycles. The third kappa shape index (κ3) is 3.35. The van der Waals surface area contributed by atoms with Gasteiger partial charge in [-0.25, -0.2) is 9.59 Å². The summed E-state index contributed by atoms with van der Waals surface area (Å²) in [5, 5.41) is 22.4. The van der Waals surface area contributed by atoms with E-state index in [0.717, 1.165) is 30.4 Å². The van der Waals surface area contributed by atoms with Crippen LogP contribution in [0, 0.1) is 5.92 Å². The van der Waals surface area contributed by atoms with E-state index in [1.54, 1.807) is 43.5 Å². The maximum absolute atomic E-state index is 13.0. The molecule has 0 radical (unpaired) electrons. The number of aliphatic hydroxyl groups excluding tert-OH is 1. The van der Waals surface area contributed by atoms with Gasteiger partial charge >= 0.3 is 11.9 Å². The molecule has 2 bridgehead atoms. The van der Waals surface area contributed by atoms with Crippen molar-refractivity contribution in [2.24, 2.45) is 5.92 Å². The molecule has 1 saturated carbocycles. The molecule has 1 fully saturated rings. The lowest BCUT2D eigenvalue weighted by Crippen LogP contribution is -2.67. The molecule has 6 rings (SSSR count). The summed E-state index contributed by atoms with van der Waals surface area (Å²) in [6.07, 6.45) is 1.89. The highest BCUT2D eigenvalue weighted by molar-refractivity contribution is 5.82. The predicted octanol–water partition coefficient (Wildman–Crippen LogP) is 3.28. The number of benzene rings is 2. The molecule has 0 saturated heterocycles. The topological polar surface area (TPSA) is 112 Å². The lowest BCUT2D eigenvalue weighted by atomic mass is 9.47. The molecule has 4 aliphatic rings. The van der Waals surface area contributed by atoms with Gasteiger partial charge in [0.05, 0.1) is 18.1 Å². The highest BCUT2D eigenvalue weighted by atomic mass is 16.6. The van der Waals surface area contributed by atoms with Crippen LogP contribution in [0.4, 0.5) is 0 Å². The van der Waals surface area contributed by atoms with Crippen molar-refractivity contribution in [3.8, 4) is 11.5 Å². The Morgan fingerprint density at radius 3 is 2.68 bits per heavy atom. The van der Waals surface area contributed by atoms with E-state index in [-0.39, 0.29) is 5.92 Å². The zero-order valence-corrected chi connectivity index (χ0v) is 20.8. The van der Waals surface area contributed by atoms with Gasteiger partial charge in [0, 0.05) is 5.56 Å². The average molecular weight is 507 g/mol. The quantitative estimate of drug-likeness (QED) is 0.575. The zero-order valence-electron chi connectivity index (χ0n) is 20.8. The van der Waals surface area contributed by atoms with Crippen LogP contribution in [0.2, 0.25) is 0 Å². The molecule has 2 N–H and O–H groups in total. The first kappa shape index (κ1) is 24.0. The number of ether oxygens (including phenoxy) is 4. The lowest BCUT2D eigenvalue weighted by molar-refractivity contribution is -0.175. The van der Waals surface area contributed by atoms with E-state index in [9.17, 15) is 19.8 Å². The van der Waals surface area contributed by atoms with E-state index in [2.05, 4.69) is 0 Å². The summed E-state index contributed by atoms with van der Waals surface area (Å²) in [6, 6.07) is 12.3. The van der Waals surface area contributed by atoms with Crippen molar-refractivity contribution < 1.29 is 38.7 Å². The fourth-order valence-electron chi connectivity index (χ4n) is 6.94. The Bertz CT molecular complexity index is 1290. The van der Waals surface area contributed by atoms with E-state index in [1.807, 2.05) is 12.1 Å². The normalized spacial score (nSPS) is 30.2. The van der Waals surface area contributed by atoms with Crippen LogP contribution in [-0.2, 0) is 30.9 Å². The maximum atomic E-state index is 13.0. The summed E-state index contributed by atoms with van der Waals surface area (Å²) in [7, 11) is 1.58. The first-order valence-electron chi connectivity index (χ1n) is 12.7. The molecule has 194 valence electrons. The second-order valence-corrected chi connectivity index (χ2v) is 10.4. The molecule has 8 heteroatoms. The van der Waals surface area contributed by atoms with Crippen molar-refractivity contribution in [1.82, 2.24) is 0 Å². The van der Waals surface area contributed by atoms with E-state index < -0.39 is 41.3 Å². The molecule has 1 spiro atoms. The van der Waals surface area contributed by atoms with Crippen LogP contribution in [0.1, 0.15) is 55.4 Å². The van der Waals surface area contributed by atoms with Gasteiger partial charge in [-0.05, 0) is 61.8 Å². The molecule has 0 amide bonds. The fourth-order valence-corrected chi connectivity index (χ4v) is 6.94. The van der Waals surface area contributed by atoms with Gasteiger partial charge in [0.25, 0.3) is 0 Å². The summed E-state index contributed by atoms with van der Waals surface area (Å²) >= 11 is 0. The summed E-state index contributed by atoms with van der Waals surface area (Å²) in [4.78, 5) is 25.5. The molecule has 37 heavy (non-hydrogen) atoms. The Kier molecular flexibility index (Phi) is 5.58. The number of rotatable bonds is 6. The number of hydrogen-bond donors (Lipinski definition) is 2. The van der Waals surface area contributed by atoms with Crippen molar-refractivity contribution in [3.05, 3.63) is 71.0 Å². The molecule has 0 aromatic heterocycles. The summed E-state index contributed by atoms with van der Waals surface area (Å²) in [5.41, 5.74) is 0.697. The van der Waals surface area contributed by atoms with E-state index >= 15 is 0 Å². The first-order chi connectivity index (χ1) is 17.8. The number of hydrogen-bond acceptors (Lipinski definition) is 8. The second kappa shape index (κ2) is 8.60. The minimum Gasteiger partial charge on any atom is -0.493 e. The fraction of sp³-hybridized carbons (Fsp3) is 0.448. The predicted molar refractivity (Wildman–Crippen MR) is 131 cm³/mol. The average Bonchev–Trinajstić information content (AvgIpc) is 3.25. The van der Waals surface area contributed by atoms with Crippen LogP contribution in [0.25, 0.3) is 0 Å². The Morgan fingerprint density at radius 2 is 1.92 bits per heavy atom. The summed E-state index contributed by atoms with van der Waals surface area (Å²) in [6.45, 7) is 1.40. The molecular weight excluding hydrogens is 476 g/mol. The van der Waals surface area contributed by atoms with Gasteiger partial charge in [-0.3, -0.25) is 0 Å². The SMILES string of the molecule is COc1ccc2c3c1O[C@@H]1C(OC(=O)[C@H](C)OC(=O)[C@@H](O)c4ccccc4)=CC[C@]4(O)[C@@H](CCC[C@@]314)C2. The highest BCUT2D eigenvalue weighted by Gasteiger charge is 2.71. The second-order valence-electron chi connectivity index (χ2n) is 10.4. The molecule has 0 unspecified atom stereocenters. The molecule has 6 atom stereocenters. The third-order valence-corrected chi connectivity index (χ3v) is 8.65. The minimum atomic E-state index is -1.51. The van der Waals surface area contributed by atoms with Crippen LogP contribution in [0.3, 0.4) is 0 Å². The Hall–Kier alpha value is -3.36. The van der Waals surface area contributed by atoms with Crippen LogP contribution < -0.4 is 9.47 Å². The van der Waals surface area contributed by atoms with Crippen molar-refractivity contribution >= 4 is 11.9 Å². The van der Waals surface area contributed by atoms with Gasteiger partial charge in [-0.2, -0.15) is 0 Å². The lowest BCUT2D eigenvalue weighted by Gasteiger charge is -2.59. The smallest absolute Gasteiger partial charge is 0.352 e. The number of carbonyl (C=O) groups is 2. The minimum absolute atomic E-state index is 0.0760. The highest BCUT2D eigenvalue weighted by Crippen LogP contribution is 2.67. The van der Waals surface area contributed by atoms with Crippen LogP contribution >= 0.6 is 0 Å². The van der Waals surface area contributed by atoms with Crippen molar-refractivity contribution in [2.75, 3.05) is 7.11 Å². The molecule has 2 aromatic rings. The van der Waals surface area contributed by atoms with Crippen LogP contribution in [-0.4, -0.2) is 47.1 Å². The Labute approximate surface area is 214 Å². The largest absolute Gasteiger partial charge is 0.493 e. The van der Waals surface area contributed by atoms with Gasteiger partial charge in [-0.1, -0.05) is 42.8 Å². The maximum Gasteiger partial charge on any atom is 0.352 e. The molecule has 1 heterocycles. The third-order valence-electron chi connectivity index (χ3n) is 8.65. The van der Waals surface area contributed by atoms with Crippen molar-refractivity contribution in [2.45, 2.75) is 68.4 Å². The molecular formula is C29H30O8. The number of aliphatic hydroxyl groups is 2. The number of methoxy groups -OCH3 is 1. The van der Waals surface area contributed by atoms with Gasteiger partial charge in [0.1, 0.15) is 5.76 Å². The molecule has 8 nitrogen and oxygen atoms in total. The number of esters is 2. The standard InChI is InChI=1S/C29H30O8/c1-16(35-27(32)23(30)17-7-4-3-5-8-17)26(31)36-21-12-14-29(33)19-9-6-13-28(29)22-18(15-19)10-11-20(34-2)24(22)37-25(21)28/h3-5,7-8,10-12,16,19,23,25,30,33H,6,9,13-15H2,1-2H3/t16-,19-,23-,25+,28+,29-/m0/s1. The summed E-state index contributed by atoms with van der Waals surface area (Å²) in [5.74, 6) is -0.172. The van der Waals surface area contributed by atoms with E-state index in [4.69, 9.17) is 18.9 Å². The summed E-state index contributed by atoms with van der Waals surface area (Å²) < 4.78 is 23.1. The van der Waals surface area contributed by atoms with Gasteiger partial charge in [0.2, 0.25) is 0 Å². The van der Waals surface area contributed by atoms with Crippen molar-refractivity contribution in [3.63, 3.8) is 0 Å². The van der Waals surface area contributed by atoms with E-state index in [0.29, 0.717) is 35.7 Å². The Morgan fingerprint density at radius 1 is 1.14 bits per heavy atom. The first-order valence-corrected chi connectivity index (χ1v) is 12.7. The monoisotopic (exact) mass is 506 g/mol. The molecule has 2 aromatic carbocycles. The van der Waals surface area contributed by atoms with Gasteiger partial charge in [-0.15, -0.1) is 0 Å². The van der Waals surface area contributed by atoms with E-state index in [1.165, 1.54) is 6.92 Å². The number of carbonyl (C=O) groups excluding carboxylic acids is 2. The Balaban J connectivity index is 1.26.